The molecular weight excluding hydrogens is 540 g/mol. The number of nitro groups is 1. The van der Waals surface area contributed by atoms with Crippen molar-refractivity contribution < 1.29 is 18.1 Å². The first kappa shape index (κ1) is 26.5. The molecule has 0 unspecified atom stereocenters. The average molecular weight is 565 g/mol. The fraction of sp³-hybridized carbons (Fsp3) is 0.269. The molecule has 1 N–H and O–H groups in total. The van der Waals surface area contributed by atoms with Gasteiger partial charge in [0.05, 0.1) is 27.0 Å². The molecule has 0 radical (unpaired) electrons. The Hall–Kier alpha value is -4.12. The standard InChI is InChI=1S/C26H24N6O5S2/c1-16-13-18(15-27)14-17(2)23(16)37-25-24-22(9-12-38-24)29-26(30-25)28-19-7-10-31(11-8-19)39(35,36)21-5-3-20(4-6-21)32(33)34/h3-6,9,12-14,19H,7-8,10-11H2,1-2H3,(H,28,29,30). The Labute approximate surface area is 228 Å². The molecule has 200 valence electrons. The number of anilines is 1. The van der Waals surface area contributed by atoms with Crippen LogP contribution in [-0.2, 0) is 10.0 Å². The molecule has 11 nitrogen and oxygen atoms in total. The number of aromatic nitrogens is 2. The van der Waals surface area contributed by atoms with Crippen LogP contribution in [0.25, 0.3) is 10.2 Å². The number of aryl methyl sites for hydroxylation is 2. The van der Waals surface area contributed by atoms with Gasteiger partial charge in [0.1, 0.15) is 10.4 Å². The summed E-state index contributed by atoms with van der Waals surface area (Å²) in [5, 5.41) is 25.4. The third kappa shape index (κ3) is 5.40. The van der Waals surface area contributed by atoms with Crippen molar-refractivity contribution in [2.24, 2.45) is 0 Å². The van der Waals surface area contributed by atoms with Crippen molar-refractivity contribution in [3.63, 3.8) is 0 Å². The van der Waals surface area contributed by atoms with Crippen LogP contribution in [0.2, 0.25) is 0 Å². The topological polar surface area (TPSA) is 151 Å². The predicted octanol–water partition coefficient (Wildman–Crippen LogP) is 5.15. The van der Waals surface area contributed by atoms with Crippen LogP contribution in [0.3, 0.4) is 0 Å². The fourth-order valence-electron chi connectivity index (χ4n) is 4.55. The van der Waals surface area contributed by atoms with Gasteiger partial charge < -0.3 is 10.1 Å². The van der Waals surface area contributed by atoms with Gasteiger partial charge in [0.15, 0.2) is 0 Å². The van der Waals surface area contributed by atoms with E-state index in [1.54, 1.807) is 12.1 Å². The first-order valence-electron chi connectivity index (χ1n) is 12.1. The zero-order valence-corrected chi connectivity index (χ0v) is 22.8. The maximum absolute atomic E-state index is 13.0. The first-order chi connectivity index (χ1) is 18.7. The largest absolute Gasteiger partial charge is 0.437 e. The van der Waals surface area contributed by atoms with Gasteiger partial charge in [0.25, 0.3) is 5.69 Å². The number of sulfonamides is 1. The number of nitrogens with zero attached hydrogens (tertiary/aromatic N) is 5. The number of hydrogen-bond donors (Lipinski definition) is 1. The summed E-state index contributed by atoms with van der Waals surface area (Å²) in [7, 11) is -3.76. The van der Waals surface area contributed by atoms with Gasteiger partial charge in [0.2, 0.25) is 21.9 Å². The third-order valence-corrected chi connectivity index (χ3v) is 9.34. The molecule has 39 heavy (non-hydrogen) atoms. The highest BCUT2D eigenvalue weighted by Gasteiger charge is 2.30. The third-order valence-electron chi connectivity index (χ3n) is 6.53. The monoisotopic (exact) mass is 564 g/mol. The van der Waals surface area contributed by atoms with Gasteiger partial charge in [-0.2, -0.15) is 14.6 Å². The summed E-state index contributed by atoms with van der Waals surface area (Å²) < 4.78 is 34.5. The molecule has 0 saturated carbocycles. The number of piperidine rings is 1. The second-order valence-corrected chi connectivity index (χ2v) is 12.1. The first-order valence-corrected chi connectivity index (χ1v) is 14.4. The number of nitro benzene ring substituents is 1. The Morgan fingerprint density at radius 3 is 2.41 bits per heavy atom. The summed E-state index contributed by atoms with van der Waals surface area (Å²) in [6.07, 6.45) is 1.06. The molecule has 0 spiro atoms. The molecular formula is C26H24N6O5S2. The van der Waals surface area contributed by atoms with Crippen molar-refractivity contribution in [2.45, 2.75) is 37.6 Å². The minimum atomic E-state index is -3.76. The van der Waals surface area contributed by atoms with Gasteiger partial charge in [-0.15, -0.1) is 11.3 Å². The molecule has 0 bridgehead atoms. The van der Waals surface area contributed by atoms with Gasteiger partial charge in [-0.1, -0.05) is 0 Å². The van der Waals surface area contributed by atoms with E-state index in [1.165, 1.54) is 39.9 Å². The van der Waals surface area contributed by atoms with Crippen LogP contribution in [0.15, 0.2) is 52.7 Å². The van der Waals surface area contributed by atoms with E-state index >= 15 is 0 Å². The summed E-state index contributed by atoms with van der Waals surface area (Å²) in [5.74, 6) is 1.43. The second kappa shape index (κ2) is 10.6. The van der Waals surface area contributed by atoms with Crippen molar-refractivity contribution >= 4 is 43.2 Å². The van der Waals surface area contributed by atoms with Crippen LogP contribution in [0, 0.1) is 35.3 Å². The van der Waals surface area contributed by atoms with Crippen LogP contribution < -0.4 is 10.1 Å². The molecule has 1 aliphatic heterocycles. The minimum absolute atomic E-state index is 0.0286. The highest BCUT2D eigenvalue weighted by molar-refractivity contribution is 7.89. The van der Waals surface area contributed by atoms with Gasteiger partial charge in [-0.05, 0) is 73.5 Å². The van der Waals surface area contributed by atoms with E-state index in [2.05, 4.69) is 21.4 Å². The van der Waals surface area contributed by atoms with Crippen molar-refractivity contribution in [1.82, 2.24) is 14.3 Å². The normalized spacial score (nSPS) is 14.7. The molecule has 3 heterocycles. The summed E-state index contributed by atoms with van der Waals surface area (Å²) in [6.45, 7) is 4.33. The molecule has 13 heteroatoms. The highest BCUT2D eigenvalue weighted by Crippen LogP contribution is 2.36. The molecule has 2 aromatic carbocycles. The molecule has 2 aromatic heterocycles. The predicted molar refractivity (Wildman–Crippen MR) is 147 cm³/mol. The van der Waals surface area contributed by atoms with E-state index in [-0.39, 0.29) is 29.7 Å². The number of fused-ring (bicyclic) bond motifs is 1. The zero-order valence-electron chi connectivity index (χ0n) is 21.1. The maximum atomic E-state index is 13.0. The molecule has 4 aromatic rings. The molecule has 0 amide bonds. The number of thiophene rings is 1. The molecule has 1 aliphatic rings. The van der Waals surface area contributed by atoms with Crippen molar-refractivity contribution in [3.05, 3.63) is 74.6 Å². The van der Waals surface area contributed by atoms with E-state index in [9.17, 15) is 23.8 Å². The number of nitrogens with one attached hydrogen (secondary N) is 1. The van der Waals surface area contributed by atoms with Crippen LogP contribution >= 0.6 is 11.3 Å². The van der Waals surface area contributed by atoms with Crippen molar-refractivity contribution in [3.8, 4) is 17.7 Å². The number of nitriles is 1. The van der Waals surface area contributed by atoms with Crippen molar-refractivity contribution in [1.29, 1.82) is 5.26 Å². The SMILES string of the molecule is Cc1cc(C#N)cc(C)c1Oc1nc(NC2CCN(S(=O)(=O)c3ccc([N+](=O)[O-])cc3)CC2)nc2ccsc12. The van der Waals surface area contributed by atoms with Crippen LogP contribution in [0.5, 0.6) is 11.6 Å². The Kier molecular flexibility index (Phi) is 7.17. The lowest BCUT2D eigenvalue weighted by atomic mass is 10.1. The van der Waals surface area contributed by atoms with E-state index in [0.717, 1.165) is 21.3 Å². The number of benzene rings is 2. The summed E-state index contributed by atoms with van der Waals surface area (Å²) in [4.78, 5) is 19.6. The number of non-ortho nitro benzene ring substituents is 1. The highest BCUT2D eigenvalue weighted by atomic mass is 32.2. The van der Waals surface area contributed by atoms with E-state index in [4.69, 9.17) is 4.74 Å². The maximum Gasteiger partial charge on any atom is 0.269 e. The van der Waals surface area contributed by atoms with Gasteiger partial charge in [0, 0.05) is 31.3 Å². The lowest BCUT2D eigenvalue weighted by molar-refractivity contribution is -0.384. The Morgan fingerprint density at radius 1 is 1.13 bits per heavy atom. The lowest BCUT2D eigenvalue weighted by Gasteiger charge is -2.31. The van der Waals surface area contributed by atoms with Gasteiger partial charge in [-0.3, -0.25) is 10.1 Å². The Bertz CT molecular complexity index is 1680. The van der Waals surface area contributed by atoms with Crippen LogP contribution in [-0.4, -0.2) is 46.7 Å². The molecule has 1 fully saturated rings. The van der Waals surface area contributed by atoms with Crippen LogP contribution in [0.1, 0.15) is 29.5 Å². The number of hydrogen-bond acceptors (Lipinski definition) is 10. The quantitative estimate of drug-likeness (QED) is 0.237. The summed E-state index contributed by atoms with van der Waals surface area (Å²) in [5.41, 5.74) is 2.78. The number of ether oxygens (including phenoxy) is 1. The fourth-order valence-corrected chi connectivity index (χ4v) is 6.78. The Balaban J connectivity index is 1.31. The van der Waals surface area contributed by atoms with Gasteiger partial charge in [-0.25, -0.2) is 13.4 Å². The minimum Gasteiger partial charge on any atom is -0.437 e. The van der Waals surface area contributed by atoms with E-state index < -0.39 is 14.9 Å². The van der Waals surface area contributed by atoms with E-state index in [1.807, 2.05) is 25.3 Å². The number of rotatable bonds is 7. The average Bonchev–Trinajstić information content (AvgIpc) is 3.40. The molecule has 1 saturated heterocycles. The second-order valence-electron chi connectivity index (χ2n) is 9.21. The van der Waals surface area contributed by atoms with Crippen molar-refractivity contribution in [2.75, 3.05) is 18.4 Å². The molecule has 5 rings (SSSR count). The Morgan fingerprint density at radius 2 is 1.79 bits per heavy atom. The van der Waals surface area contributed by atoms with Crippen LogP contribution in [0.4, 0.5) is 11.6 Å². The van der Waals surface area contributed by atoms with E-state index in [0.29, 0.717) is 36.0 Å². The lowest BCUT2D eigenvalue weighted by Crippen LogP contribution is -2.42. The smallest absolute Gasteiger partial charge is 0.269 e. The summed E-state index contributed by atoms with van der Waals surface area (Å²) >= 11 is 1.47. The summed E-state index contributed by atoms with van der Waals surface area (Å²) in [6, 6.07) is 12.4. The molecule has 0 aliphatic carbocycles. The molecule has 0 atom stereocenters. The van der Waals surface area contributed by atoms with Gasteiger partial charge >= 0.3 is 0 Å². The zero-order chi connectivity index (χ0) is 27.7.